The maximum absolute atomic E-state index is 14.8. The molecule has 1 fully saturated rings. The Labute approximate surface area is 172 Å². The molecule has 0 saturated carbocycles. The quantitative estimate of drug-likeness (QED) is 0.628. The van der Waals surface area contributed by atoms with E-state index in [0.29, 0.717) is 6.07 Å². The number of benzene rings is 1. The number of nitrogens with two attached hydrogens (primary N) is 1. The number of Topliss-reactive ketones (excluding diaryl/α,β-unsaturated/α-hetero) is 1. The van der Waals surface area contributed by atoms with Crippen molar-refractivity contribution >= 4 is 34.9 Å². The molecule has 11 heteroatoms. The van der Waals surface area contributed by atoms with Gasteiger partial charge in [-0.15, -0.1) is 0 Å². The van der Waals surface area contributed by atoms with Gasteiger partial charge in [0.25, 0.3) is 0 Å². The van der Waals surface area contributed by atoms with E-state index in [9.17, 15) is 33.0 Å². The Morgan fingerprint density at radius 1 is 1.20 bits per heavy atom. The van der Waals surface area contributed by atoms with Crippen LogP contribution in [0.4, 0.5) is 24.7 Å². The van der Waals surface area contributed by atoms with Gasteiger partial charge in [0.05, 0.1) is 28.4 Å². The lowest BCUT2D eigenvalue weighted by Crippen LogP contribution is -2.51. The molecule has 1 aromatic heterocycles. The van der Waals surface area contributed by atoms with E-state index in [1.165, 1.54) is 4.90 Å². The van der Waals surface area contributed by atoms with Crippen molar-refractivity contribution in [3.05, 3.63) is 63.1 Å². The van der Waals surface area contributed by atoms with E-state index in [2.05, 4.69) is 4.98 Å². The third-order valence-corrected chi connectivity index (χ3v) is 5.44. The van der Waals surface area contributed by atoms with Gasteiger partial charge in [0.1, 0.15) is 17.2 Å². The number of hydrogen-bond acceptors (Lipinski definition) is 6. The lowest BCUT2D eigenvalue weighted by molar-refractivity contribution is -0.132. The molecule has 0 radical (unpaired) electrons. The number of carboxylic acid groups (broad SMARTS) is 1. The second-order valence-electron chi connectivity index (χ2n) is 6.96. The third-order valence-electron chi connectivity index (χ3n) is 5.05. The van der Waals surface area contributed by atoms with Gasteiger partial charge in [-0.1, -0.05) is 17.7 Å². The Morgan fingerprint density at radius 3 is 2.47 bits per heavy atom. The van der Waals surface area contributed by atoms with Crippen LogP contribution in [0.15, 0.2) is 23.8 Å². The number of pyridine rings is 1. The highest BCUT2D eigenvalue weighted by atomic mass is 35.5. The van der Waals surface area contributed by atoms with Gasteiger partial charge >= 0.3 is 5.97 Å². The molecule has 1 aliphatic heterocycles. The van der Waals surface area contributed by atoms with Gasteiger partial charge in [0.15, 0.2) is 11.6 Å². The lowest BCUT2D eigenvalue weighted by atomic mass is 9.80. The number of nitrogen functional groups attached to an aromatic ring is 1. The number of allylic oxidation sites excluding steroid dienone is 1. The number of carbonyl (C=O) groups is 2. The highest BCUT2D eigenvalue weighted by Crippen LogP contribution is 2.45. The molecule has 1 aliphatic carbocycles. The monoisotopic (exact) mass is 439 g/mol. The van der Waals surface area contributed by atoms with Crippen LogP contribution in [0.2, 0.25) is 5.02 Å². The molecule has 0 bridgehead atoms. The average molecular weight is 440 g/mol. The van der Waals surface area contributed by atoms with Crippen molar-refractivity contribution in [1.82, 2.24) is 4.98 Å². The van der Waals surface area contributed by atoms with Crippen LogP contribution in [0, 0.1) is 17.5 Å². The van der Waals surface area contributed by atoms with Crippen molar-refractivity contribution in [2.24, 2.45) is 0 Å². The van der Waals surface area contributed by atoms with E-state index < -0.39 is 58.3 Å². The summed E-state index contributed by atoms with van der Waals surface area (Å²) in [4.78, 5) is 29.3. The van der Waals surface area contributed by atoms with Crippen LogP contribution in [0.3, 0.4) is 0 Å². The van der Waals surface area contributed by atoms with Crippen LogP contribution in [0.25, 0.3) is 0 Å². The van der Waals surface area contributed by atoms with Gasteiger partial charge in [-0.3, -0.25) is 4.79 Å². The SMILES string of the molecule is Nc1nc(C2C=C(C(=O)O)C(=O)c3cc(F)c(N4CC(O)C4)c(Cl)c32)c(F)cc1F. The highest BCUT2D eigenvalue weighted by Gasteiger charge is 2.39. The van der Waals surface area contributed by atoms with Crippen molar-refractivity contribution in [1.29, 1.82) is 0 Å². The summed E-state index contributed by atoms with van der Waals surface area (Å²) in [7, 11) is 0. The summed E-state index contributed by atoms with van der Waals surface area (Å²) in [5.74, 6) is -7.78. The fourth-order valence-electron chi connectivity index (χ4n) is 3.61. The minimum Gasteiger partial charge on any atom is -0.478 e. The molecule has 1 unspecified atom stereocenters. The molecule has 1 aromatic carbocycles. The topological polar surface area (TPSA) is 117 Å². The van der Waals surface area contributed by atoms with Crippen molar-refractivity contribution in [3.63, 3.8) is 0 Å². The van der Waals surface area contributed by atoms with Crippen LogP contribution >= 0.6 is 11.6 Å². The summed E-state index contributed by atoms with van der Waals surface area (Å²) in [5, 5.41) is 18.6. The number of carboxylic acids is 1. The van der Waals surface area contributed by atoms with Crippen molar-refractivity contribution in [2.75, 3.05) is 23.7 Å². The minimum atomic E-state index is -1.61. The Hall–Kier alpha value is -3.11. The van der Waals surface area contributed by atoms with Gasteiger partial charge in [-0.2, -0.15) is 0 Å². The van der Waals surface area contributed by atoms with Crippen LogP contribution in [0.5, 0.6) is 0 Å². The third kappa shape index (κ3) is 2.99. The summed E-state index contributed by atoms with van der Waals surface area (Å²) in [6.45, 7) is 0.167. The van der Waals surface area contributed by atoms with Crippen LogP contribution in [-0.4, -0.2) is 46.1 Å². The zero-order valence-electron chi connectivity index (χ0n) is 15.0. The Balaban J connectivity index is 1.99. The molecule has 2 aromatic rings. The number of rotatable bonds is 3. The Kier molecular flexibility index (Phi) is 4.70. The van der Waals surface area contributed by atoms with Gasteiger partial charge in [0.2, 0.25) is 5.78 Å². The normalized spacial score (nSPS) is 18.7. The number of aliphatic carboxylic acids is 1. The largest absolute Gasteiger partial charge is 0.478 e. The summed E-state index contributed by atoms with van der Waals surface area (Å²) >= 11 is 6.40. The number of hydrogen-bond donors (Lipinski definition) is 3. The number of nitrogens with zero attached hydrogens (tertiary/aromatic N) is 2. The zero-order valence-corrected chi connectivity index (χ0v) is 15.8. The Bertz CT molecular complexity index is 1150. The number of aliphatic hydroxyl groups excluding tert-OH is 1. The van der Waals surface area contributed by atoms with Crippen molar-refractivity contribution < 1.29 is 33.0 Å². The van der Waals surface area contributed by atoms with Crippen molar-refractivity contribution in [2.45, 2.75) is 12.0 Å². The van der Waals surface area contributed by atoms with Gasteiger partial charge in [-0.05, 0) is 11.6 Å². The summed E-state index contributed by atoms with van der Waals surface area (Å²) in [6, 6.07) is 1.30. The van der Waals surface area contributed by atoms with E-state index in [1.807, 2.05) is 0 Å². The molecule has 4 N–H and O–H groups in total. The first-order valence-electron chi connectivity index (χ1n) is 8.66. The fourth-order valence-corrected chi connectivity index (χ4v) is 4.04. The number of β-amino-alcohol motifs (C(OH)–C–C–N with tert-alkyl or cyclic N) is 1. The summed E-state index contributed by atoms with van der Waals surface area (Å²) < 4.78 is 42.9. The maximum atomic E-state index is 14.8. The number of aromatic nitrogens is 1. The van der Waals surface area contributed by atoms with Crippen LogP contribution in [-0.2, 0) is 4.79 Å². The molecule has 4 rings (SSSR count). The molecule has 0 spiro atoms. The summed E-state index contributed by atoms with van der Waals surface area (Å²) in [6.07, 6.45) is 0.234. The molecule has 30 heavy (non-hydrogen) atoms. The van der Waals surface area contributed by atoms with E-state index in [0.717, 1.165) is 12.1 Å². The number of carbonyl (C=O) groups excluding carboxylic acids is 1. The van der Waals surface area contributed by atoms with Gasteiger partial charge in [-0.25, -0.2) is 22.9 Å². The number of ketones is 1. The van der Waals surface area contributed by atoms with Gasteiger partial charge in [0, 0.05) is 24.7 Å². The average Bonchev–Trinajstić information content (AvgIpc) is 2.64. The second kappa shape index (κ2) is 6.99. The number of halogens is 4. The van der Waals surface area contributed by atoms with Crippen LogP contribution < -0.4 is 10.6 Å². The lowest BCUT2D eigenvalue weighted by Gasteiger charge is -2.39. The highest BCUT2D eigenvalue weighted by molar-refractivity contribution is 6.36. The first-order valence-corrected chi connectivity index (χ1v) is 9.04. The molecule has 2 heterocycles. The number of anilines is 2. The van der Waals surface area contributed by atoms with E-state index in [4.69, 9.17) is 17.3 Å². The smallest absolute Gasteiger partial charge is 0.339 e. The minimum absolute atomic E-state index is 0.0816. The first-order chi connectivity index (χ1) is 14.1. The molecule has 7 nitrogen and oxygen atoms in total. The van der Waals surface area contributed by atoms with Crippen molar-refractivity contribution in [3.8, 4) is 0 Å². The summed E-state index contributed by atoms with van der Waals surface area (Å²) in [5.41, 5.74) is 3.65. The van der Waals surface area contributed by atoms with E-state index >= 15 is 0 Å². The first kappa shape index (κ1) is 20.2. The zero-order chi connectivity index (χ0) is 21.9. The molecule has 2 aliphatic rings. The molecule has 1 atom stereocenters. The fraction of sp³-hybridized carbons (Fsp3) is 0.211. The van der Waals surface area contributed by atoms with E-state index in [1.54, 1.807) is 0 Å². The molecule has 1 saturated heterocycles. The maximum Gasteiger partial charge on any atom is 0.339 e. The number of fused-ring (bicyclic) bond motifs is 1. The molecular formula is C19H13ClF3N3O4. The second-order valence-corrected chi connectivity index (χ2v) is 7.33. The molecule has 156 valence electrons. The van der Waals surface area contributed by atoms with Crippen LogP contribution in [0.1, 0.15) is 27.5 Å². The standard InChI is InChI=1S/C19H13ClF3N3O4/c20-14-13-7(15-10(21)3-12(23)18(24)25-15)1-9(19(29)30)17(28)8(13)2-11(22)16(14)26-4-6(27)5-26/h1-3,6-7,27H,4-5H2,(H2,24,25)(H,29,30). The van der Waals surface area contributed by atoms with Gasteiger partial charge < -0.3 is 20.8 Å². The van der Waals surface area contributed by atoms with E-state index in [-0.39, 0.29) is 34.9 Å². The predicted octanol–water partition coefficient (Wildman–Crippen LogP) is 2.25. The molecular weight excluding hydrogens is 427 g/mol. The predicted molar refractivity (Wildman–Crippen MR) is 100 cm³/mol. The number of aliphatic hydroxyl groups is 1. The molecule has 0 amide bonds. The Morgan fingerprint density at radius 2 is 1.87 bits per heavy atom.